The highest BCUT2D eigenvalue weighted by atomic mass is 15.0. The maximum absolute atomic E-state index is 4.71. The fourth-order valence-corrected chi connectivity index (χ4v) is 8.23. The predicted octanol–water partition coefficient (Wildman–Crippen LogP) is 12.4. The highest BCUT2D eigenvalue weighted by Crippen LogP contribution is 2.40. The normalized spacial score (nSPS) is 11.8. The zero-order valence-electron chi connectivity index (χ0n) is 29.6. The van der Waals surface area contributed by atoms with Gasteiger partial charge in [0.25, 0.3) is 0 Å². The van der Waals surface area contributed by atoms with E-state index in [1.54, 1.807) is 0 Å². The second-order valence-corrected chi connectivity index (χ2v) is 14.0. The van der Waals surface area contributed by atoms with Crippen molar-refractivity contribution in [2.75, 3.05) is 0 Å². The minimum Gasteiger partial charge on any atom is -0.313 e. The summed E-state index contributed by atoms with van der Waals surface area (Å²) < 4.78 is 4.89. The monoisotopic (exact) mass is 668 g/mol. The lowest BCUT2D eigenvalue weighted by Gasteiger charge is -2.14. The van der Waals surface area contributed by atoms with Gasteiger partial charge in [0.15, 0.2) is 0 Å². The van der Waals surface area contributed by atoms with Crippen LogP contribution in [0.2, 0.25) is 0 Å². The Kier molecular flexibility index (Phi) is 6.71. The van der Waals surface area contributed by atoms with Crippen molar-refractivity contribution in [3.8, 4) is 33.6 Å². The third kappa shape index (κ3) is 4.54. The Labute approximate surface area is 302 Å². The molecule has 6 aromatic carbocycles. The molecular formula is C48H36N4. The maximum atomic E-state index is 4.71. The van der Waals surface area contributed by atoms with Gasteiger partial charge in [-0.25, -0.2) is 0 Å². The Hall–Kier alpha value is -6.52. The van der Waals surface area contributed by atoms with Gasteiger partial charge in [0.05, 0.1) is 22.1 Å². The average Bonchev–Trinajstić information content (AvgIpc) is 3.61. The lowest BCUT2D eigenvalue weighted by atomic mass is 10.0. The Morgan fingerprint density at radius 3 is 1.19 bits per heavy atom. The number of aryl methyl sites for hydroxylation is 2. The number of hydrogen-bond acceptors (Lipinski definition) is 2. The fourth-order valence-electron chi connectivity index (χ4n) is 8.23. The number of benzene rings is 6. The van der Waals surface area contributed by atoms with Crippen molar-refractivity contribution in [2.45, 2.75) is 27.7 Å². The maximum Gasteiger partial charge on any atom is 0.0702 e. The van der Waals surface area contributed by atoms with Crippen LogP contribution in [-0.2, 0) is 0 Å². The van der Waals surface area contributed by atoms with Gasteiger partial charge in [-0.15, -0.1) is 0 Å². The summed E-state index contributed by atoms with van der Waals surface area (Å²) in [7, 11) is 0. The zero-order valence-corrected chi connectivity index (χ0v) is 29.6. The number of para-hydroxylation sites is 2. The van der Waals surface area contributed by atoms with E-state index in [1.165, 1.54) is 55.1 Å². The summed E-state index contributed by atoms with van der Waals surface area (Å²) in [5.74, 6) is 0. The van der Waals surface area contributed by atoms with Crippen LogP contribution in [0, 0.1) is 27.7 Å². The predicted molar refractivity (Wildman–Crippen MR) is 218 cm³/mol. The fraction of sp³-hybridized carbons (Fsp3) is 0.0833. The second-order valence-electron chi connectivity index (χ2n) is 14.0. The molecule has 0 unspecified atom stereocenters. The standard InChI is InChI=1S/C48H36N4/c1-29-31(3)51(39-17-13-33(14-18-39)37-25-35-9-5-7-11-45(35)49-27-37)47-41(29)21-23-44-43(47)24-22-42-30(2)32(4)52(48(42)44)40-19-15-34(16-20-40)38-26-36-10-6-8-12-46(36)50-28-38/h5-28H,1-4H3. The molecule has 4 aromatic heterocycles. The molecule has 0 radical (unpaired) electrons. The van der Waals surface area contributed by atoms with E-state index in [-0.39, 0.29) is 0 Å². The van der Waals surface area contributed by atoms with Crippen molar-refractivity contribution < 1.29 is 0 Å². The molecule has 0 amide bonds. The van der Waals surface area contributed by atoms with Gasteiger partial charge in [0, 0.05) is 78.6 Å². The van der Waals surface area contributed by atoms with Gasteiger partial charge < -0.3 is 9.13 Å². The van der Waals surface area contributed by atoms with Crippen LogP contribution >= 0.6 is 0 Å². The number of fused-ring (bicyclic) bond motifs is 7. The summed E-state index contributed by atoms with van der Waals surface area (Å²) in [5, 5.41) is 7.37. The van der Waals surface area contributed by atoms with E-state index < -0.39 is 0 Å². The van der Waals surface area contributed by atoms with Gasteiger partial charge in [-0.1, -0.05) is 84.9 Å². The molecule has 248 valence electrons. The van der Waals surface area contributed by atoms with Crippen molar-refractivity contribution in [1.82, 2.24) is 19.1 Å². The largest absolute Gasteiger partial charge is 0.313 e. The smallest absolute Gasteiger partial charge is 0.0702 e. The van der Waals surface area contributed by atoms with Gasteiger partial charge in [0.1, 0.15) is 0 Å². The van der Waals surface area contributed by atoms with Crippen molar-refractivity contribution >= 4 is 54.4 Å². The zero-order chi connectivity index (χ0) is 35.1. The van der Waals surface area contributed by atoms with Crippen LogP contribution in [0.3, 0.4) is 0 Å². The molecule has 10 aromatic rings. The number of nitrogens with zero attached hydrogens (tertiary/aromatic N) is 4. The summed E-state index contributed by atoms with van der Waals surface area (Å²) in [6, 6.07) is 48.2. The highest BCUT2D eigenvalue weighted by molar-refractivity contribution is 6.18. The summed E-state index contributed by atoms with van der Waals surface area (Å²) in [5.41, 5.74) is 16.5. The Bertz CT molecular complexity index is 2820. The van der Waals surface area contributed by atoms with Crippen molar-refractivity contribution in [1.29, 1.82) is 0 Å². The first-order valence-corrected chi connectivity index (χ1v) is 17.9. The molecule has 0 saturated heterocycles. The molecule has 0 atom stereocenters. The van der Waals surface area contributed by atoms with Crippen LogP contribution in [0.15, 0.2) is 146 Å². The lowest BCUT2D eigenvalue weighted by molar-refractivity contribution is 1.04. The van der Waals surface area contributed by atoms with Gasteiger partial charge in [0.2, 0.25) is 0 Å². The van der Waals surface area contributed by atoms with Crippen LogP contribution in [0.4, 0.5) is 0 Å². The van der Waals surface area contributed by atoms with Crippen molar-refractivity contribution in [3.63, 3.8) is 0 Å². The van der Waals surface area contributed by atoms with Gasteiger partial charge in [-0.2, -0.15) is 0 Å². The summed E-state index contributed by atoms with van der Waals surface area (Å²) in [4.78, 5) is 9.42. The van der Waals surface area contributed by atoms with Crippen LogP contribution in [0.5, 0.6) is 0 Å². The Morgan fingerprint density at radius 2 is 0.769 bits per heavy atom. The topological polar surface area (TPSA) is 35.6 Å². The number of hydrogen-bond donors (Lipinski definition) is 0. The van der Waals surface area contributed by atoms with Gasteiger partial charge >= 0.3 is 0 Å². The van der Waals surface area contributed by atoms with Gasteiger partial charge in [-0.05, 0) is 98.5 Å². The molecule has 0 bridgehead atoms. The lowest BCUT2D eigenvalue weighted by Crippen LogP contribution is -1.99. The minimum absolute atomic E-state index is 1.01. The molecule has 0 N–H and O–H groups in total. The third-order valence-electron chi connectivity index (χ3n) is 11.3. The summed E-state index contributed by atoms with van der Waals surface area (Å²) in [6.45, 7) is 8.98. The number of rotatable bonds is 4. The molecule has 0 aliphatic heterocycles. The van der Waals surface area contributed by atoms with Crippen LogP contribution in [-0.4, -0.2) is 19.1 Å². The first kappa shape index (κ1) is 30.3. The molecule has 4 heteroatoms. The Morgan fingerprint density at radius 1 is 0.385 bits per heavy atom. The molecule has 10 rings (SSSR count). The molecule has 0 aliphatic rings. The second kappa shape index (κ2) is 11.5. The number of aromatic nitrogens is 4. The van der Waals surface area contributed by atoms with E-state index in [2.05, 4.69) is 158 Å². The quantitative estimate of drug-likeness (QED) is 0.187. The third-order valence-corrected chi connectivity index (χ3v) is 11.3. The summed E-state index contributed by atoms with van der Waals surface area (Å²) in [6.07, 6.45) is 3.95. The van der Waals surface area contributed by atoms with Crippen LogP contribution < -0.4 is 0 Å². The number of pyridine rings is 2. The summed E-state index contributed by atoms with van der Waals surface area (Å²) >= 11 is 0. The molecule has 52 heavy (non-hydrogen) atoms. The molecular weight excluding hydrogens is 633 g/mol. The molecule has 4 heterocycles. The van der Waals surface area contributed by atoms with E-state index in [4.69, 9.17) is 9.97 Å². The highest BCUT2D eigenvalue weighted by Gasteiger charge is 2.20. The van der Waals surface area contributed by atoms with Crippen LogP contribution in [0.1, 0.15) is 22.5 Å². The van der Waals surface area contributed by atoms with Crippen LogP contribution in [0.25, 0.3) is 88.0 Å². The Balaban J connectivity index is 1.11. The van der Waals surface area contributed by atoms with E-state index in [0.29, 0.717) is 0 Å². The van der Waals surface area contributed by atoms with Crippen molar-refractivity contribution in [3.05, 3.63) is 168 Å². The molecule has 0 saturated carbocycles. The molecule has 4 nitrogen and oxygen atoms in total. The van der Waals surface area contributed by atoms with E-state index >= 15 is 0 Å². The first-order valence-electron chi connectivity index (χ1n) is 17.9. The molecule has 0 aliphatic carbocycles. The first-order chi connectivity index (χ1) is 25.4. The average molecular weight is 669 g/mol. The van der Waals surface area contributed by atoms with E-state index in [1.807, 2.05) is 24.5 Å². The van der Waals surface area contributed by atoms with Gasteiger partial charge in [-0.3, -0.25) is 9.97 Å². The molecule has 0 spiro atoms. The van der Waals surface area contributed by atoms with Crippen molar-refractivity contribution in [2.24, 2.45) is 0 Å². The molecule has 0 fully saturated rings. The minimum atomic E-state index is 1.01. The SMILES string of the molecule is Cc1c(C)n(-c2ccc(-c3cnc4ccccc4c3)cc2)c2c1ccc1c2ccc2c(C)c(C)n(-c3ccc(-c4cnc5ccccc5c4)cc3)c21. The van der Waals surface area contributed by atoms with E-state index in [9.17, 15) is 0 Å². The van der Waals surface area contributed by atoms with E-state index in [0.717, 1.165) is 55.4 Å².